The number of nitrogens with zero attached hydrogens (tertiary/aromatic N) is 2. The van der Waals surface area contributed by atoms with Crippen LogP contribution in [0.15, 0.2) is 30.5 Å². The number of ether oxygens (including phenoxy) is 1. The van der Waals surface area contributed by atoms with Gasteiger partial charge in [0, 0.05) is 39.5 Å². The highest BCUT2D eigenvalue weighted by Gasteiger charge is 2.06. The van der Waals surface area contributed by atoms with E-state index >= 15 is 0 Å². The smallest absolute Gasteiger partial charge is 0.0587 e. The van der Waals surface area contributed by atoms with Crippen LogP contribution in [0.1, 0.15) is 5.56 Å². The molecule has 0 spiro atoms. The first-order valence-corrected chi connectivity index (χ1v) is 7.13. The number of likely N-dealkylation sites (N-methyl/N-ethyl adjacent to an activating group) is 1. The Morgan fingerprint density at radius 3 is 2.85 bits per heavy atom. The SMILES string of the molecule is COCCNCc1cccc2ccn(CCN(C)C)c12. The second-order valence-electron chi connectivity index (χ2n) is 5.34. The van der Waals surface area contributed by atoms with Crippen molar-refractivity contribution in [2.24, 2.45) is 0 Å². The molecule has 110 valence electrons. The van der Waals surface area contributed by atoms with Gasteiger partial charge in [-0.05, 0) is 31.1 Å². The third-order valence-corrected chi connectivity index (χ3v) is 3.46. The minimum Gasteiger partial charge on any atom is -0.383 e. The van der Waals surface area contributed by atoms with Crippen LogP contribution in [-0.2, 0) is 17.8 Å². The van der Waals surface area contributed by atoms with Gasteiger partial charge in [-0.1, -0.05) is 18.2 Å². The first kappa shape index (κ1) is 15.0. The number of nitrogens with one attached hydrogen (secondary N) is 1. The lowest BCUT2D eigenvalue weighted by atomic mass is 10.1. The summed E-state index contributed by atoms with van der Waals surface area (Å²) in [5.74, 6) is 0. The van der Waals surface area contributed by atoms with Gasteiger partial charge in [-0.15, -0.1) is 0 Å². The fourth-order valence-electron chi connectivity index (χ4n) is 2.37. The molecule has 0 bridgehead atoms. The van der Waals surface area contributed by atoms with Gasteiger partial charge < -0.3 is 19.5 Å². The zero-order valence-corrected chi connectivity index (χ0v) is 12.7. The third-order valence-electron chi connectivity index (χ3n) is 3.46. The second-order valence-corrected chi connectivity index (χ2v) is 5.34. The van der Waals surface area contributed by atoms with E-state index in [0.717, 1.165) is 32.8 Å². The molecule has 0 aliphatic rings. The lowest BCUT2D eigenvalue weighted by Gasteiger charge is -2.13. The molecular weight excluding hydrogens is 250 g/mol. The molecule has 0 fully saturated rings. The van der Waals surface area contributed by atoms with Crippen LogP contribution in [-0.4, -0.2) is 50.4 Å². The predicted molar refractivity (Wildman–Crippen MR) is 84.1 cm³/mol. The number of aromatic nitrogens is 1. The summed E-state index contributed by atoms with van der Waals surface area (Å²) in [5.41, 5.74) is 2.70. The van der Waals surface area contributed by atoms with Crippen molar-refractivity contribution < 1.29 is 4.74 Å². The summed E-state index contributed by atoms with van der Waals surface area (Å²) in [6.07, 6.45) is 2.19. The van der Waals surface area contributed by atoms with Crippen LogP contribution in [0.5, 0.6) is 0 Å². The Labute approximate surface area is 121 Å². The molecule has 0 saturated carbocycles. The molecular formula is C16H25N3O. The summed E-state index contributed by atoms with van der Waals surface area (Å²) >= 11 is 0. The number of fused-ring (bicyclic) bond motifs is 1. The van der Waals surface area contributed by atoms with Gasteiger partial charge in [0.1, 0.15) is 0 Å². The summed E-state index contributed by atoms with van der Waals surface area (Å²) < 4.78 is 7.42. The Morgan fingerprint density at radius 2 is 2.10 bits per heavy atom. The van der Waals surface area contributed by atoms with Gasteiger partial charge in [0.05, 0.1) is 12.1 Å². The molecule has 4 heteroatoms. The van der Waals surface area contributed by atoms with Gasteiger partial charge in [0.25, 0.3) is 0 Å². The molecule has 0 amide bonds. The van der Waals surface area contributed by atoms with Crippen molar-refractivity contribution >= 4 is 10.9 Å². The molecule has 2 aromatic rings. The molecule has 1 aromatic carbocycles. The maximum Gasteiger partial charge on any atom is 0.0587 e. The van der Waals surface area contributed by atoms with Gasteiger partial charge >= 0.3 is 0 Å². The average molecular weight is 275 g/mol. The average Bonchev–Trinajstić information content (AvgIpc) is 2.85. The summed E-state index contributed by atoms with van der Waals surface area (Å²) in [5, 5.41) is 4.74. The van der Waals surface area contributed by atoms with E-state index in [2.05, 4.69) is 59.3 Å². The number of para-hydroxylation sites is 1. The number of hydrogen-bond acceptors (Lipinski definition) is 3. The lowest BCUT2D eigenvalue weighted by molar-refractivity contribution is 0.199. The van der Waals surface area contributed by atoms with Crippen LogP contribution < -0.4 is 5.32 Å². The van der Waals surface area contributed by atoms with E-state index < -0.39 is 0 Å². The molecule has 1 aromatic heterocycles. The number of hydrogen-bond donors (Lipinski definition) is 1. The van der Waals surface area contributed by atoms with E-state index in [-0.39, 0.29) is 0 Å². The Balaban J connectivity index is 2.13. The van der Waals surface area contributed by atoms with Crippen LogP contribution in [0.3, 0.4) is 0 Å². The van der Waals surface area contributed by atoms with E-state index in [1.54, 1.807) is 7.11 Å². The summed E-state index contributed by atoms with van der Waals surface area (Å²) in [7, 11) is 5.95. The molecule has 1 N–H and O–H groups in total. The zero-order chi connectivity index (χ0) is 14.4. The normalized spacial score (nSPS) is 11.6. The highest BCUT2D eigenvalue weighted by atomic mass is 16.5. The zero-order valence-electron chi connectivity index (χ0n) is 12.7. The topological polar surface area (TPSA) is 29.4 Å². The Bertz CT molecular complexity index is 534. The van der Waals surface area contributed by atoms with Crippen LogP contribution >= 0.6 is 0 Å². The van der Waals surface area contributed by atoms with Crippen molar-refractivity contribution in [1.82, 2.24) is 14.8 Å². The van der Waals surface area contributed by atoms with Crippen molar-refractivity contribution in [3.63, 3.8) is 0 Å². The van der Waals surface area contributed by atoms with Gasteiger partial charge in [-0.3, -0.25) is 0 Å². The minimum absolute atomic E-state index is 0.748. The van der Waals surface area contributed by atoms with Crippen molar-refractivity contribution in [2.45, 2.75) is 13.1 Å². The molecule has 0 unspecified atom stereocenters. The molecule has 0 aliphatic heterocycles. The molecule has 2 rings (SSSR count). The van der Waals surface area contributed by atoms with Crippen molar-refractivity contribution in [2.75, 3.05) is 40.9 Å². The largest absolute Gasteiger partial charge is 0.383 e. The highest BCUT2D eigenvalue weighted by molar-refractivity contribution is 5.83. The van der Waals surface area contributed by atoms with E-state index in [4.69, 9.17) is 4.74 Å². The fraction of sp³-hybridized carbons (Fsp3) is 0.500. The number of rotatable bonds is 8. The Hall–Kier alpha value is -1.36. The van der Waals surface area contributed by atoms with Crippen LogP contribution in [0, 0.1) is 0 Å². The third kappa shape index (κ3) is 3.82. The molecule has 0 atom stereocenters. The highest BCUT2D eigenvalue weighted by Crippen LogP contribution is 2.20. The predicted octanol–water partition coefficient (Wildman–Crippen LogP) is 1.94. The Kier molecular flexibility index (Phi) is 5.59. The Morgan fingerprint density at radius 1 is 1.25 bits per heavy atom. The van der Waals surface area contributed by atoms with E-state index in [1.165, 1.54) is 16.5 Å². The first-order chi connectivity index (χ1) is 9.72. The summed E-state index contributed by atoms with van der Waals surface area (Å²) in [4.78, 5) is 2.21. The number of methoxy groups -OCH3 is 1. The van der Waals surface area contributed by atoms with Gasteiger partial charge in [-0.2, -0.15) is 0 Å². The first-order valence-electron chi connectivity index (χ1n) is 7.13. The van der Waals surface area contributed by atoms with Crippen LogP contribution in [0.2, 0.25) is 0 Å². The maximum atomic E-state index is 5.07. The fourth-order valence-corrected chi connectivity index (χ4v) is 2.37. The van der Waals surface area contributed by atoms with Crippen LogP contribution in [0.25, 0.3) is 10.9 Å². The molecule has 0 saturated heterocycles. The summed E-state index contributed by atoms with van der Waals surface area (Å²) in [6.45, 7) is 4.58. The van der Waals surface area contributed by atoms with Gasteiger partial charge in [-0.25, -0.2) is 0 Å². The van der Waals surface area contributed by atoms with E-state index in [0.29, 0.717) is 0 Å². The maximum absolute atomic E-state index is 5.07. The van der Waals surface area contributed by atoms with Gasteiger partial charge in [0.2, 0.25) is 0 Å². The monoisotopic (exact) mass is 275 g/mol. The van der Waals surface area contributed by atoms with Gasteiger partial charge in [0.15, 0.2) is 0 Å². The van der Waals surface area contributed by atoms with E-state index in [9.17, 15) is 0 Å². The van der Waals surface area contributed by atoms with Crippen molar-refractivity contribution in [3.8, 4) is 0 Å². The van der Waals surface area contributed by atoms with Crippen molar-refractivity contribution in [1.29, 1.82) is 0 Å². The van der Waals surface area contributed by atoms with Crippen LogP contribution in [0.4, 0.5) is 0 Å². The number of benzene rings is 1. The molecule has 4 nitrogen and oxygen atoms in total. The quantitative estimate of drug-likeness (QED) is 0.747. The molecule has 1 heterocycles. The standard InChI is InChI=1S/C16H25N3O/c1-18(2)10-11-19-9-7-14-5-4-6-15(16(14)19)13-17-8-12-20-3/h4-7,9,17H,8,10-13H2,1-3H3. The second kappa shape index (κ2) is 7.43. The molecule has 20 heavy (non-hydrogen) atoms. The molecule has 0 aliphatic carbocycles. The van der Waals surface area contributed by atoms with E-state index in [1.807, 2.05) is 0 Å². The van der Waals surface area contributed by atoms with Crippen molar-refractivity contribution in [3.05, 3.63) is 36.0 Å². The molecule has 0 radical (unpaired) electrons. The lowest BCUT2D eigenvalue weighted by Crippen LogP contribution is -2.20. The minimum atomic E-state index is 0.748. The summed E-state index contributed by atoms with van der Waals surface area (Å²) in [6, 6.07) is 8.71.